The Morgan fingerprint density at radius 1 is 1.02 bits per heavy atom. The summed E-state index contributed by atoms with van der Waals surface area (Å²) < 4.78 is 51.5. The Morgan fingerprint density at radius 2 is 1.76 bits per heavy atom. The topological polar surface area (TPSA) is 171 Å². The van der Waals surface area contributed by atoms with Gasteiger partial charge in [0.05, 0.1) is 33.6 Å². The number of ether oxygens (including phenoxy) is 2. The number of nitrogens with one attached hydrogen (secondary N) is 1. The predicted octanol–water partition coefficient (Wildman–Crippen LogP) is 5.40. The molecule has 1 fully saturated rings. The maximum atomic E-state index is 13.9. The third kappa shape index (κ3) is 5.99. The molecule has 0 saturated carbocycles. The van der Waals surface area contributed by atoms with Gasteiger partial charge in [0.1, 0.15) is 6.54 Å². The number of imide groups is 1. The molecule has 1 aliphatic heterocycles. The Balaban J connectivity index is 1.61. The first kappa shape index (κ1) is 29.5. The molecule has 0 spiro atoms. The number of hydrogen-bond acceptors (Lipinski definition) is 10. The number of benzene rings is 3. The summed E-state index contributed by atoms with van der Waals surface area (Å²) in [5.41, 5.74) is -1.90. The van der Waals surface area contributed by atoms with E-state index < -0.39 is 68.0 Å². The summed E-state index contributed by atoms with van der Waals surface area (Å²) in [4.78, 5) is 59.1. The van der Waals surface area contributed by atoms with Gasteiger partial charge in [-0.05, 0) is 42.1 Å². The highest BCUT2D eigenvalue weighted by Gasteiger charge is 2.37. The first-order valence-corrected chi connectivity index (χ1v) is 12.2. The van der Waals surface area contributed by atoms with Gasteiger partial charge >= 0.3 is 5.69 Å². The molecule has 13 nitrogen and oxygen atoms in total. The van der Waals surface area contributed by atoms with Crippen LogP contribution >= 0.6 is 11.8 Å². The minimum absolute atomic E-state index is 0.0450. The average molecular weight is 604 g/mol. The van der Waals surface area contributed by atoms with Gasteiger partial charge < -0.3 is 14.8 Å². The molecule has 4 rings (SSSR count). The zero-order valence-electron chi connectivity index (χ0n) is 21.0. The second-order valence-electron chi connectivity index (χ2n) is 8.19. The standard InChI is InChI=1S/C25H15F3N4O9S/c1-40-18-4-2-3-12(23(18)41-17-8-5-13(31(36)37)10-16(17)32(38)39)9-19-24(34)30(25(35)42-19)11-20(33)29-15-7-6-14(26)21(27)22(15)28/h2-10H,11H2,1H3,(H,29,33)/b19-9+. The molecule has 216 valence electrons. The van der Waals surface area contributed by atoms with E-state index in [-0.39, 0.29) is 27.7 Å². The van der Waals surface area contributed by atoms with Crippen molar-refractivity contribution in [2.75, 3.05) is 19.0 Å². The van der Waals surface area contributed by atoms with E-state index in [1.807, 2.05) is 5.32 Å². The maximum absolute atomic E-state index is 13.9. The highest BCUT2D eigenvalue weighted by molar-refractivity contribution is 8.18. The quantitative estimate of drug-likeness (QED) is 0.144. The molecule has 0 aliphatic carbocycles. The lowest BCUT2D eigenvalue weighted by molar-refractivity contribution is -0.394. The smallest absolute Gasteiger partial charge is 0.318 e. The Labute approximate surface area is 236 Å². The van der Waals surface area contributed by atoms with E-state index in [4.69, 9.17) is 9.47 Å². The number of hydrogen-bond donors (Lipinski definition) is 1. The zero-order valence-corrected chi connectivity index (χ0v) is 21.8. The van der Waals surface area contributed by atoms with Gasteiger partial charge in [0.25, 0.3) is 16.8 Å². The highest BCUT2D eigenvalue weighted by atomic mass is 32.2. The fourth-order valence-electron chi connectivity index (χ4n) is 3.61. The number of nitro benzene ring substituents is 2. The van der Waals surface area contributed by atoms with Crippen LogP contribution in [0.4, 0.5) is 35.0 Å². The van der Waals surface area contributed by atoms with Gasteiger partial charge in [0, 0.05) is 11.6 Å². The number of nitrogens with zero attached hydrogens (tertiary/aromatic N) is 3. The van der Waals surface area contributed by atoms with Crippen molar-refractivity contribution in [1.82, 2.24) is 4.90 Å². The molecule has 0 atom stereocenters. The molecule has 0 aromatic heterocycles. The lowest BCUT2D eigenvalue weighted by Gasteiger charge is -2.14. The van der Waals surface area contributed by atoms with Crippen molar-refractivity contribution in [3.05, 3.63) is 96.7 Å². The van der Waals surface area contributed by atoms with E-state index >= 15 is 0 Å². The zero-order chi connectivity index (χ0) is 30.7. The summed E-state index contributed by atoms with van der Waals surface area (Å²) in [7, 11) is 1.26. The molecular formula is C25H15F3N4O9S. The molecular weight excluding hydrogens is 589 g/mol. The van der Waals surface area contributed by atoms with Gasteiger partial charge in [-0.3, -0.25) is 39.5 Å². The van der Waals surface area contributed by atoms with Gasteiger partial charge in [0.2, 0.25) is 11.7 Å². The Morgan fingerprint density at radius 3 is 2.43 bits per heavy atom. The van der Waals surface area contributed by atoms with E-state index in [2.05, 4.69) is 0 Å². The van der Waals surface area contributed by atoms with Gasteiger partial charge in [-0.15, -0.1) is 0 Å². The van der Waals surface area contributed by atoms with Crippen molar-refractivity contribution in [3.63, 3.8) is 0 Å². The summed E-state index contributed by atoms with van der Waals surface area (Å²) >= 11 is 0.429. The average Bonchev–Trinajstić information content (AvgIpc) is 3.21. The number of para-hydroxylation sites is 1. The number of carbonyl (C=O) groups excluding carboxylic acids is 3. The summed E-state index contributed by atoms with van der Waals surface area (Å²) in [6.45, 7) is -0.892. The lowest BCUT2D eigenvalue weighted by atomic mass is 10.1. The second-order valence-corrected chi connectivity index (χ2v) is 9.18. The van der Waals surface area contributed by atoms with Gasteiger partial charge in [0.15, 0.2) is 29.0 Å². The largest absolute Gasteiger partial charge is 0.493 e. The summed E-state index contributed by atoms with van der Waals surface area (Å²) in [6, 6.07) is 8.37. The summed E-state index contributed by atoms with van der Waals surface area (Å²) in [5.74, 6) is -7.49. The van der Waals surface area contributed by atoms with Crippen LogP contribution in [0.25, 0.3) is 6.08 Å². The van der Waals surface area contributed by atoms with Crippen LogP contribution in [0.1, 0.15) is 5.56 Å². The van der Waals surface area contributed by atoms with Crippen LogP contribution in [0.3, 0.4) is 0 Å². The fourth-order valence-corrected chi connectivity index (χ4v) is 4.44. The number of rotatable bonds is 9. The molecule has 1 aliphatic rings. The second kappa shape index (κ2) is 12.0. The van der Waals surface area contributed by atoms with E-state index in [1.165, 1.54) is 31.4 Å². The maximum Gasteiger partial charge on any atom is 0.318 e. The number of amides is 3. The molecule has 0 unspecified atom stereocenters. The van der Waals surface area contributed by atoms with Crippen LogP contribution in [0.5, 0.6) is 17.2 Å². The van der Waals surface area contributed by atoms with E-state index in [9.17, 15) is 47.8 Å². The van der Waals surface area contributed by atoms with E-state index in [1.54, 1.807) is 0 Å². The Kier molecular flexibility index (Phi) is 8.41. The molecule has 17 heteroatoms. The number of nitro groups is 2. The van der Waals surface area contributed by atoms with Crippen molar-refractivity contribution >= 4 is 52.0 Å². The molecule has 0 bridgehead atoms. The fraction of sp³-hybridized carbons (Fsp3) is 0.0800. The summed E-state index contributed by atoms with van der Waals surface area (Å²) in [5, 5.41) is 23.7. The van der Waals surface area contributed by atoms with E-state index in [0.717, 1.165) is 18.2 Å². The minimum atomic E-state index is -1.82. The Hall–Kier alpha value is -5.45. The highest BCUT2D eigenvalue weighted by Crippen LogP contribution is 2.42. The molecule has 1 N–H and O–H groups in total. The van der Waals surface area contributed by atoms with Crippen molar-refractivity contribution in [2.24, 2.45) is 0 Å². The normalized spacial score (nSPS) is 13.8. The van der Waals surface area contributed by atoms with Crippen molar-refractivity contribution in [1.29, 1.82) is 0 Å². The number of carbonyl (C=O) groups is 3. The van der Waals surface area contributed by atoms with Crippen LogP contribution in [0, 0.1) is 37.7 Å². The number of non-ortho nitro benzene ring substituents is 1. The molecule has 1 saturated heterocycles. The first-order valence-electron chi connectivity index (χ1n) is 11.4. The van der Waals surface area contributed by atoms with Crippen LogP contribution in [-0.4, -0.2) is 45.5 Å². The van der Waals surface area contributed by atoms with Gasteiger partial charge in [-0.1, -0.05) is 12.1 Å². The Bertz CT molecular complexity index is 1700. The van der Waals surface area contributed by atoms with Crippen LogP contribution < -0.4 is 14.8 Å². The third-order valence-corrected chi connectivity index (χ3v) is 6.47. The van der Waals surface area contributed by atoms with Crippen LogP contribution in [-0.2, 0) is 9.59 Å². The molecule has 1 heterocycles. The minimum Gasteiger partial charge on any atom is -0.493 e. The monoisotopic (exact) mass is 604 g/mol. The van der Waals surface area contributed by atoms with Gasteiger partial charge in [-0.25, -0.2) is 13.2 Å². The number of methoxy groups -OCH3 is 1. The predicted molar refractivity (Wildman–Crippen MR) is 140 cm³/mol. The van der Waals surface area contributed by atoms with Crippen molar-refractivity contribution in [3.8, 4) is 17.2 Å². The van der Waals surface area contributed by atoms with Gasteiger partial charge in [-0.2, -0.15) is 0 Å². The molecule has 3 aromatic carbocycles. The van der Waals surface area contributed by atoms with Crippen LogP contribution in [0.2, 0.25) is 0 Å². The first-order chi connectivity index (χ1) is 19.9. The molecule has 3 amide bonds. The third-order valence-electron chi connectivity index (χ3n) is 5.56. The molecule has 3 aromatic rings. The van der Waals surface area contributed by atoms with Crippen LogP contribution in [0.15, 0.2) is 53.4 Å². The van der Waals surface area contributed by atoms with Crippen molar-refractivity contribution < 1.29 is 46.9 Å². The number of anilines is 1. The molecule has 0 radical (unpaired) electrons. The number of thioether (sulfide) groups is 1. The number of halogens is 3. The molecule has 42 heavy (non-hydrogen) atoms. The SMILES string of the molecule is COc1cccc(/C=C2/SC(=O)N(CC(=O)Nc3ccc(F)c(F)c3F)C2=O)c1Oc1ccc([N+](=O)[O-])cc1[N+](=O)[O-]. The van der Waals surface area contributed by atoms with E-state index in [0.29, 0.717) is 28.8 Å². The van der Waals surface area contributed by atoms with Crippen molar-refractivity contribution in [2.45, 2.75) is 0 Å². The summed E-state index contributed by atoms with van der Waals surface area (Å²) in [6.07, 6.45) is 1.19. The lowest BCUT2D eigenvalue weighted by Crippen LogP contribution is -2.36.